The fraction of sp³-hybridized carbons (Fsp3) is 0.625. The lowest BCUT2D eigenvalue weighted by atomic mass is 9.88. The predicted molar refractivity (Wildman–Crippen MR) is 125 cm³/mol. The number of imide groups is 1. The molecular formula is C24H31Cl2N3O3. The molecule has 3 aliphatic rings. The minimum atomic E-state index is -1.33. The summed E-state index contributed by atoms with van der Waals surface area (Å²) in [6.45, 7) is 1.38. The molecule has 1 heterocycles. The molecule has 4 rings (SSSR count). The van der Waals surface area contributed by atoms with E-state index in [2.05, 4.69) is 5.32 Å². The molecule has 1 N–H and O–H groups in total. The third kappa shape index (κ3) is 4.49. The highest BCUT2D eigenvalue weighted by Gasteiger charge is 2.51. The fourth-order valence-corrected chi connectivity index (χ4v) is 6.16. The van der Waals surface area contributed by atoms with Crippen LogP contribution < -0.4 is 5.32 Å². The van der Waals surface area contributed by atoms with Crippen LogP contribution in [0.1, 0.15) is 76.7 Å². The second kappa shape index (κ2) is 9.60. The highest BCUT2D eigenvalue weighted by atomic mass is 35.5. The topological polar surface area (TPSA) is 69.7 Å². The highest BCUT2D eigenvalue weighted by molar-refractivity contribution is 6.35. The Balaban J connectivity index is 1.55. The van der Waals surface area contributed by atoms with Crippen molar-refractivity contribution in [2.24, 2.45) is 0 Å². The Morgan fingerprint density at radius 3 is 2.12 bits per heavy atom. The average molecular weight is 480 g/mol. The maximum absolute atomic E-state index is 13.6. The minimum absolute atomic E-state index is 0.126. The summed E-state index contributed by atoms with van der Waals surface area (Å²) in [6.07, 6.45) is 10.9. The summed E-state index contributed by atoms with van der Waals surface area (Å²) < 4.78 is 0. The number of halogens is 2. The Morgan fingerprint density at radius 2 is 1.59 bits per heavy atom. The molecule has 2 saturated carbocycles. The monoisotopic (exact) mass is 479 g/mol. The molecule has 1 aliphatic heterocycles. The summed E-state index contributed by atoms with van der Waals surface area (Å²) in [5.41, 5.74) is -0.868. The van der Waals surface area contributed by atoms with Crippen molar-refractivity contribution in [3.8, 4) is 0 Å². The van der Waals surface area contributed by atoms with Gasteiger partial charge in [0.2, 0.25) is 5.91 Å². The molecule has 0 radical (unpaired) electrons. The summed E-state index contributed by atoms with van der Waals surface area (Å²) in [4.78, 5) is 42.8. The number of carbonyl (C=O) groups excluding carboxylic acids is 3. The van der Waals surface area contributed by atoms with Crippen molar-refractivity contribution in [1.82, 2.24) is 15.1 Å². The van der Waals surface area contributed by atoms with Crippen LogP contribution in [0.15, 0.2) is 18.2 Å². The van der Waals surface area contributed by atoms with Gasteiger partial charge in [0.25, 0.3) is 5.91 Å². The molecule has 6 nitrogen and oxygen atoms in total. The van der Waals surface area contributed by atoms with Crippen molar-refractivity contribution in [2.75, 3.05) is 6.54 Å². The lowest BCUT2D eigenvalue weighted by Gasteiger charge is -2.42. The highest BCUT2D eigenvalue weighted by Crippen LogP contribution is 2.36. The molecule has 8 heteroatoms. The molecule has 2 aliphatic carbocycles. The summed E-state index contributed by atoms with van der Waals surface area (Å²) in [6, 6.07) is 4.67. The van der Waals surface area contributed by atoms with Gasteiger partial charge in [-0.1, -0.05) is 67.8 Å². The van der Waals surface area contributed by atoms with Crippen molar-refractivity contribution < 1.29 is 14.4 Å². The van der Waals surface area contributed by atoms with Crippen LogP contribution in [0.25, 0.3) is 0 Å². The van der Waals surface area contributed by atoms with Gasteiger partial charge in [0.15, 0.2) is 0 Å². The number of rotatable bonds is 5. The van der Waals surface area contributed by atoms with Crippen LogP contribution >= 0.6 is 23.2 Å². The maximum Gasteiger partial charge on any atom is 0.325 e. The first kappa shape index (κ1) is 23.4. The molecule has 0 aromatic heterocycles. The fourth-order valence-electron chi connectivity index (χ4n) is 5.56. The van der Waals surface area contributed by atoms with E-state index in [0.717, 1.165) is 56.3 Å². The zero-order chi connectivity index (χ0) is 22.9. The zero-order valence-corrected chi connectivity index (χ0v) is 20.1. The van der Waals surface area contributed by atoms with Crippen LogP contribution in [0.2, 0.25) is 10.0 Å². The van der Waals surface area contributed by atoms with Crippen molar-refractivity contribution in [1.29, 1.82) is 0 Å². The summed E-state index contributed by atoms with van der Waals surface area (Å²) in [7, 11) is 0. The molecule has 1 saturated heterocycles. The summed E-state index contributed by atoms with van der Waals surface area (Å²) >= 11 is 12.3. The molecule has 1 aromatic carbocycles. The third-order valence-corrected chi connectivity index (χ3v) is 7.81. The third-order valence-electron chi connectivity index (χ3n) is 7.26. The largest absolute Gasteiger partial charge is 0.335 e. The van der Waals surface area contributed by atoms with Crippen LogP contribution in [0.3, 0.4) is 0 Å². The Kier molecular flexibility index (Phi) is 7.01. The van der Waals surface area contributed by atoms with Crippen LogP contribution in [0.4, 0.5) is 4.79 Å². The Hall–Kier alpha value is -1.79. The van der Waals surface area contributed by atoms with Crippen molar-refractivity contribution in [3.63, 3.8) is 0 Å². The number of amides is 4. The quantitative estimate of drug-likeness (QED) is 0.585. The number of hydrogen-bond acceptors (Lipinski definition) is 3. The second-order valence-electron chi connectivity index (χ2n) is 9.46. The molecule has 0 spiro atoms. The van der Waals surface area contributed by atoms with Gasteiger partial charge in [-0.15, -0.1) is 0 Å². The number of hydrogen-bond donors (Lipinski definition) is 1. The first-order valence-electron chi connectivity index (χ1n) is 11.7. The normalized spacial score (nSPS) is 25.2. The van der Waals surface area contributed by atoms with Gasteiger partial charge in [0, 0.05) is 27.7 Å². The molecule has 4 amide bonds. The van der Waals surface area contributed by atoms with Crippen LogP contribution in [-0.2, 0) is 15.1 Å². The SMILES string of the molecule is C[C@]1(c2ccc(Cl)cc2Cl)NC(=O)N(CC(=O)N(C2CCCCC2)C2CCCCC2)C1=O. The molecular weight excluding hydrogens is 449 g/mol. The van der Waals surface area contributed by atoms with E-state index < -0.39 is 17.5 Å². The lowest BCUT2D eigenvalue weighted by Crippen LogP contribution is -2.53. The second-order valence-corrected chi connectivity index (χ2v) is 10.3. The smallest absolute Gasteiger partial charge is 0.325 e. The number of nitrogens with zero attached hydrogens (tertiary/aromatic N) is 2. The van der Waals surface area contributed by atoms with E-state index in [1.807, 2.05) is 4.90 Å². The predicted octanol–water partition coefficient (Wildman–Crippen LogP) is 5.25. The van der Waals surface area contributed by atoms with E-state index in [9.17, 15) is 14.4 Å². The molecule has 1 aromatic rings. The molecule has 3 fully saturated rings. The Labute approximate surface area is 199 Å². The molecule has 0 unspecified atom stereocenters. The Morgan fingerprint density at radius 1 is 1.03 bits per heavy atom. The van der Waals surface area contributed by atoms with Gasteiger partial charge in [0.1, 0.15) is 12.1 Å². The van der Waals surface area contributed by atoms with Crippen molar-refractivity contribution in [2.45, 2.75) is 88.8 Å². The summed E-state index contributed by atoms with van der Waals surface area (Å²) in [5, 5.41) is 3.49. The molecule has 0 bridgehead atoms. The molecule has 32 heavy (non-hydrogen) atoms. The average Bonchev–Trinajstić information content (AvgIpc) is 2.99. The minimum Gasteiger partial charge on any atom is -0.335 e. The van der Waals surface area contributed by atoms with Crippen molar-refractivity contribution >= 4 is 41.0 Å². The van der Waals surface area contributed by atoms with Gasteiger partial charge in [-0.3, -0.25) is 14.5 Å². The van der Waals surface area contributed by atoms with Crippen LogP contribution in [0.5, 0.6) is 0 Å². The lowest BCUT2D eigenvalue weighted by molar-refractivity contribution is -0.143. The number of benzene rings is 1. The van der Waals surface area contributed by atoms with Gasteiger partial charge in [0.05, 0.1) is 0 Å². The van der Waals surface area contributed by atoms with Gasteiger partial charge in [-0.25, -0.2) is 4.79 Å². The van der Waals surface area contributed by atoms with Gasteiger partial charge in [-0.2, -0.15) is 0 Å². The maximum atomic E-state index is 13.6. The van der Waals surface area contributed by atoms with E-state index in [0.29, 0.717) is 15.6 Å². The van der Waals surface area contributed by atoms with E-state index in [4.69, 9.17) is 23.2 Å². The standard InChI is InChI=1S/C24H31Cl2N3O3/c1-24(19-13-12-16(25)14-20(19)26)22(31)28(23(32)27-24)15-21(30)29(17-8-4-2-5-9-17)18-10-6-3-7-11-18/h12-14,17-18H,2-11,15H2,1H3,(H,27,32)/t24-/m1/s1. The van der Waals surface area contributed by atoms with E-state index in [1.54, 1.807) is 25.1 Å². The first-order chi connectivity index (χ1) is 15.3. The van der Waals surface area contributed by atoms with Gasteiger partial charge in [-0.05, 0) is 44.7 Å². The summed E-state index contributed by atoms with van der Waals surface area (Å²) in [5.74, 6) is -0.592. The van der Waals surface area contributed by atoms with Crippen molar-refractivity contribution in [3.05, 3.63) is 33.8 Å². The number of nitrogens with one attached hydrogen (secondary N) is 1. The molecule has 1 atom stereocenters. The molecule has 174 valence electrons. The number of carbonyl (C=O) groups is 3. The Bertz CT molecular complexity index is 878. The van der Waals surface area contributed by atoms with E-state index in [1.165, 1.54) is 12.8 Å². The van der Waals surface area contributed by atoms with Gasteiger partial charge >= 0.3 is 6.03 Å². The van der Waals surface area contributed by atoms with Crippen LogP contribution in [-0.4, -0.2) is 46.3 Å². The zero-order valence-electron chi connectivity index (χ0n) is 18.5. The number of urea groups is 1. The van der Waals surface area contributed by atoms with E-state index in [-0.39, 0.29) is 24.5 Å². The van der Waals surface area contributed by atoms with E-state index >= 15 is 0 Å². The first-order valence-corrected chi connectivity index (χ1v) is 12.5. The van der Waals surface area contributed by atoms with Gasteiger partial charge < -0.3 is 10.2 Å². The van der Waals surface area contributed by atoms with Crippen LogP contribution in [0, 0.1) is 0 Å².